The van der Waals surface area contributed by atoms with Gasteiger partial charge in [0.1, 0.15) is 0 Å². The topological polar surface area (TPSA) is 71.4 Å². The van der Waals surface area contributed by atoms with Gasteiger partial charge in [-0.2, -0.15) is 0 Å². The monoisotopic (exact) mass is 242 g/mol. The molecule has 0 heterocycles. The van der Waals surface area contributed by atoms with Crippen molar-refractivity contribution < 1.29 is 18.3 Å². The third kappa shape index (κ3) is 2.82. The first-order chi connectivity index (χ1) is 7.21. The van der Waals surface area contributed by atoms with Crippen LogP contribution in [0.5, 0.6) is 0 Å². The molecule has 0 fully saturated rings. The average Bonchev–Trinajstić information content (AvgIpc) is 2.08. The third-order valence-corrected chi connectivity index (χ3v) is 3.60. The molecule has 0 amide bonds. The van der Waals surface area contributed by atoms with E-state index in [4.69, 9.17) is 5.11 Å². The van der Waals surface area contributed by atoms with E-state index in [1.165, 1.54) is 6.07 Å². The van der Waals surface area contributed by atoms with Crippen LogP contribution in [-0.2, 0) is 21.1 Å². The summed E-state index contributed by atoms with van der Waals surface area (Å²) in [6.07, 6.45) is 0.811. The highest BCUT2D eigenvalue weighted by atomic mass is 32.2. The zero-order chi connectivity index (χ0) is 12.5. The summed E-state index contributed by atoms with van der Waals surface area (Å²) in [5, 5.41) is 8.72. The van der Waals surface area contributed by atoms with Gasteiger partial charge in [0.2, 0.25) is 0 Å². The maximum atomic E-state index is 11.5. The first-order valence-electron chi connectivity index (χ1n) is 4.74. The standard InChI is InChI=1S/C11H14O4S/c1-7-4-9(6-11(12)13)10(5-8(7)2)16(3,14)15/h4-5H,6H2,1-3H3,(H,12,13). The Morgan fingerprint density at radius 2 is 1.75 bits per heavy atom. The molecular weight excluding hydrogens is 228 g/mol. The summed E-state index contributed by atoms with van der Waals surface area (Å²) in [5.41, 5.74) is 2.08. The lowest BCUT2D eigenvalue weighted by molar-refractivity contribution is -0.136. The molecule has 0 spiro atoms. The van der Waals surface area contributed by atoms with Crippen LogP contribution in [-0.4, -0.2) is 25.7 Å². The fourth-order valence-corrected chi connectivity index (χ4v) is 2.49. The number of carboxylic acid groups (broad SMARTS) is 1. The minimum atomic E-state index is -3.38. The van der Waals surface area contributed by atoms with Gasteiger partial charge in [0.25, 0.3) is 0 Å². The van der Waals surface area contributed by atoms with E-state index in [1.54, 1.807) is 13.0 Å². The van der Waals surface area contributed by atoms with Crippen LogP contribution in [0.4, 0.5) is 0 Å². The summed E-state index contributed by atoms with van der Waals surface area (Å²) in [6, 6.07) is 3.16. The molecule has 0 saturated carbocycles. The van der Waals surface area contributed by atoms with Crippen molar-refractivity contribution in [3.63, 3.8) is 0 Å². The molecule has 0 saturated heterocycles. The van der Waals surface area contributed by atoms with E-state index in [1.807, 2.05) is 6.92 Å². The molecule has 5 heteroatoms. The Kier molecular flexibility index (Phi) is 3.38. The number of carbonyl (C=O) groups is 1. The van der Waals surface area contributed by atoms with Gasteiger partial charge in [-0.25, -0.2) is 8.42 Å². The number of sulfone groups is 1. The van der Waals surface area contributed by atoms with Crippen LogP contribution >= 0.6 is 0 Å². The minimum Gasteiger partial charge on any atom is -0.481 e. The van der Waals surface area contributed by atoms with Crippen LogP contribution in [0.3, 0.4) is 0 Å². The van der Waals surface area contributed by atoms with Crippen molar-refractivity contribution in [2.75, 3.05) is 6.26 Å². The van der Waals surface area contributed by atoms with E-state index >= 15 is 0 Å². The predicted octanol–water partition coefficient (Wildman–Crippen LogP) is 1.33. The van der Waals surface area contributed by atoms with Crippen molar-refractivity contribution >= 4 is 15.8 Å². The van der Waals surface area contributed by atoms with Gasteiger partial charge in [-0.05, 0) is 36.6 Å². The zero-order valence-corrected chi connectivity index (χ0v) is 10.3. The molecule has 1 aromatic rings. The molecule has 0 radical (unpaired) electrons. The third-order valence-electron chi connectivity index (χ3n) is 2.42. The Balaban J connectivity index is 3.45. The fraction of sp³-hybridized carbons (Fsp3) is 0.364. The molecule has 0 atom stereocenters. The molecule has 0 aliphatic carbocycles. The highest BCUT2D eigenvalue weighted by Gasteiger charge is 2.16. The van der Waals surface area contributed by atoms with E-state index in [2.05, 4.69) is 0 Å². The molecule has 0 aliphatic heterocycles. The lowest BCUT2D eigenvalue weighted by atomic mass is 10.0. The second-order valence-corrected chi connectivity index (χ2v) is 5.87. The molecule has 0 unspecified atom stereocenters. The molecular formula is C11H14O4S. The molecule has 0 bridgehead atoms. The van der Waals surface area contributed by atoms with Gasteiger partial charge in [0.15, 0.2) is 9.84 Å². The van der Waals surface area contributed by atoms with Crippen LogP contribution < -0.4 is 0 Å². The molecule has 1 N–H and O–H groups in total. The van der Waals surface area contributed by atoms with Crippen molar-refractivity contribution in [1.29, 1.82) is 0 Å². The maximum absolute atomic E-state index is 11.5. The van der Waals surface area contributed by atoms with Crippen LogP contribution in [0.2, 0.25) is 0 Å². The number of rotatable bonds is 3. The summed E-state index contributed by atoms with van der Waals surface area (Å²) < 4.78 is 23.0. The van der Waals surface area contributed by atoms with Crippen molar-refractivity contribution in [2.24, 2.45) is 0 Å². The largest absolute Gasteiger partial charge is 0.481 e. The first-order valence-corrected chi connectivity index (χ1v) is 6.63. The predicted molar refractivity (Wildman–Crippen MR) is 60.4 cm³/mol. The SMILES string of the molecule is Cc1cc(CC(=O)O)c(S(C)(=O)=O)cc1C. The van der Waals surface area contributed by atoms with Crippen LogP contribution in [0.15, 0.2) is 17.0 Å². The molecule has 0 aromatic heterocycles. The number of hydrogen-bond donors (Lipinski definition) is 1. The van der Waals surface area contributed by atoms with Crippen molar-refractivity contribution in [3.8, 4) is 0 Å². The van der Waals surface area contributed by atoms with E-state index in [-0.39, 0.29) is 11.3 Å². The Hall–Kier alpha value is -1.36. The van der Waals surface area contributed by atoms with Gasteiger partial charge >= 0.3 is 5.97 Å². The van der Waals surface area contributed by atoms with Crippen molar-refractivity contribution in [3.05, 3.63) is 28.8 Å². The molecule has 0 aliphatic rings. The highest BCUT2D eigenvalue weighted by molar-refractivity contribution is 7.90. The summed E-state index contributed by atoms with van der Waals surface area (Å²) in [7, 11) is -3.38. The minimum absolute atomic E-state index is 0.109. The van der Waals surface area contributed by atoms with Crippen molar-refractivity contribution in [2.45, 2.75) is 25.2 Å². The smallest absolute Gasteiger partial charge is 0.307 e. The summed E-state index contributed by atoms with van der Waals surface area (Å²) in [5.74, 6) is -1.03. The lowest BCUT2D eigenvalue weighted by Gasteiger charge is -2.09. The summed E-state index contributed by atoms with van der Waals surface area (Å²) in [6.45, 7) is 3.63. The van der Waals surface area contributed by atoms with E-state index in [0.29, 0.717) is 5.56 Å². The Morgan fingerprint density at radius 1 is 1.25 bits per heavy atom. The molecule has 1 rings (SSSR count). The lowest BCUT2D eigenvalue weighted by Crippen LogP contribution is -2.08. The van der Waals surface area contributed by atoms with E-state index in [9.17, 15) is 13.2 Å². The quantitative estimate of drug-likeness (QED) is 0.868. The van der Waals surface area contributed by atoms with Crippen LogP contribution in [0.1, 0.15) is 16.7 Å². The Bertz CT molecular complexity index is 529. The number of hydrogen-bond acceptors (Lipinski definition) is 3. The molecule has 1 aromatic carbocycles. The van der Waals surface area contributed by atoms with Gasteiger partial charge in [-0.3, -0.25) is 4.79 Å². The number of carboxylic acids is 1. The second kappa shape index (κ2) is 4.25. The Morgan fingerprint density at radius 3 is 2.19 bits per heavy atom. The molecule has 88 valence electrons. The van der Waals surface area contributed by atoms with E-state index in [0.717, 1.165) is 17.4 Å². The number of benzene rings is 1. The normalized spacial score (nSPS) is 11.4. The first kappa shape index (κ1) is 12.7. The highest BCUT2D eigenvalue weighted by Crippen LogP contribution is 2.21. The maximum Gasteiger partial charge on any atom is 0.307 e. The van der Waals surface area contributed by atoms with Gasteiger partial charge in [0.05, 0.1) is 11.3 Å². The van der Waals surface area contributed by atoms with E-state index < -0.39 is 15.8 Å². The van der Waals surface area contributed by atoms with Gasteiger partial charge in [0, 0.05) is 6.26 Å². The van der Waals surface area contributed by atoms with Gasteiger partial charge < -0.3 is 5.11 Å². The Labute approximate surface area is 94.8 Å². The van der Waals surface area contributed by atoms with Crippen molar-refractivity contribution in [1.82, 2.24) is 0 Å². The zero-order valence-electron chi connectivity index (χ0n) is 9.44. The second-order valence-electron chi connectivity index (χ2n) is 3.89. The van der Waals surface area contributed by atoms with Crippen LogP contribution in [0, 0.1) is 13.8 Å². The fourth-order valence-electron chi connectivity index (χ4n) is 1.50. The van der Waals surface area contributed by atoms with Gasteiger partial charge in [-0.1, -0.05) is 6.07 Å². The molecule has 16 heavy (non-hydrogen) atoms. The average molecular weight is 242 g/mol. The van der Waals surface area contributed by atoms with Gasteiger partial charge in [-0.15, -0.1) is 0 Å². The van der Waals surface area contributed by atoms with Crippen LogP contribution in [0.25, 0.3) is 0 Å². The molecule has 4 nitrogen and oxygen atoms in total. The summed E-state index contributed by atoms with van der Waals surface area (Å²) in [4.78, 5) is 10.8. The number of aryl methyl sites for hydroxylation is 2. The summed E-state index contributed by atoms with van der Waals surface area (Å²) >= 11 is 0. The number of aliphatic carboxylic acids is 1.